The minimum Gasteiger partial charge on any atom is -0.493 e. The number of aromatic hydroxyl groups is 1. The average molecular weight is 450 g/mol. The molecule has 1 aliphatic rings. The first-order valence-electron chi connectivity index (χ1n) is 9.53. The molecule has 13 heteroatoms. The smallest absolute Gasteiger partial charge is 0.326 e. The third-order valence-electron chi connectivity index (χ3n) is 4.90. The summed E-state index contributed by atoms with van der Waals surface area (Å²) in [7, 11) is 0. The van der Waals surface area contributed by atoms with Crippen LogP contribution in [0.4, 0.5) is 11.8 Å². The van der Waals surface area contributed by atoms with Gasteiger partial charge in [-0.05, 0) is 49.2 Å². The van der Waals surface area contributed by atoms with Gasteiger partial charge in [0.2, 0.25) is 11.8 Å². The summed E-state index contributed by atoms with van der Waals surface area (Å²) in [6, 6.07) is 0.313. The molecule has 0 saturated heterocycles. The minimum atomic E-state index is -1.29. The molecule has 3 heterocycles. The molecule has 0 spiro atoms. The summed E-state index contributed by atoms with van der Waals surface area (Å²) in [6.45, 7) is 0.643. The highest BCUT2D eigenvalue weighted by Gasteiger charge is 2.25. The summed E-state index contributed by atoms with van der Waals surface area (Å²) in [5.41, 5.74) is 6.84. The van der Waals surface area contributed by atoms with E-state index in [1.807, 2.05) is 0 Å². The van der Waals surface area contributed by atoms with Crippen LogP contribution in [-0.2, 0) is 22.4 Å². The lowest BCUT2D eigenvalue weighted by atomic mass is 9.92. The summed E-state index contributed by atoms with van der Waals surface area (Å²) in [6.07, 6.45) is 1.33. The number of hydrogen-bond donors (Lipinski definition) is 6. The number of anilines is 2. The Kier molecular flexibility index (Phi) is 6.84. The Hall–Kier alpha value is -3.48. The van der Waals surface area contributed by atoms with Crippen LogP contribution >= 0.6 is 11.5 Å². The molecule has 0 aliphatic carbocycles. The van der Waals surface area contributed by atoms with Gasteiger partial charge in [-0.3, -0.25) is 9.59 Å². The largest absolute Gasteiger partial charge is 0.493 e. The van der Waals surface area contributed by atoms with Crippen molar-refractivity contribution in [2.24, 2.45) is 5.92 Å². The van der Waals surface area contributed by atoms with Gasteiger partial charge in [0.25, 0.3) is 5.91 Å². The molecule has 0 aromatic carbocycles. The lowest BCUT2D eigenvalue weighted by Gasteiger charge is -2.25. The van der Waals surface area contributed by atoms with Gasteiger partial charge in [0.05, 0.1) is 11.3 Å². The second-order valence-corrected chi connectivity index (χ2v) is 8.01. The number of nitrogens with one attached hydrogen (secondary N) is 2. The van der Waals surface area contributed by atoms with Gasteiger partial charge in [-0.1, -0.05) is 0 Å². The molecule has 0 fully saturated rings. The molecule has 0 bridgehead atoms. The molecule has 1 amide bonds. The van der Waals surface area contributed by atoms with Gasteiger partial charge in [0.15, 0.2) is 0 Å². The van der Waals surface area contributed by atoms with Gasteiger partial charge in [-0.25, -0.2) is 4.79 Å². The number of nitrogens with two attached hydrogens (primary N) is 1. The number of carbonyl (C=O) groups is 3. The van der Waals surface area contributed by atoms with Crippen LogP contribution in [0, 0.1) is 5.92 Å². The number of carboxylic acids is 2. The van der Waals surface area contributed by atoms with Gasteiger partial charge in [0.1, 0.15) is 16.7 Å². The Balaban J connectivity index is 1.54. The van der Waals surface area contributed by atoms with Crippen molar-refractivity contribution in [1.29, 1.82) is 0 Å². The van der Waals surface area contributed by atoms with Crippen molar-refractivity contribution in [3.63, 3.8) is 0 Å². The molecule has 1 aliphatic heterocycles. The van der Waals surface area contributed by atoms with E-state index in [0.717, 1.165) is 18.0 Å². The normalized spacial score (nSPS) is 16.1. The van der Waals surface area contributed by atoms with Gasteiger partial charge in [-0.2, -0.15) is 14.3 Å². The Morgan fingerprint density at radius 1 is 1.32 bits per heavy atom. The number of aromatic nitrogens is 3. The van der Waals surface area contributed by atoms with Crippen LogP contribution in [0.1, 0.15) is 40.2 Å². The van der Waals surface area contributed by atoms with Crippen molar-refractivity contribution in [3.05, 3.63) is 22.2 Å². The summed E-state index contributed by atoms with van der Waals surface area (Å²) in [4.78, 5) is 42.3. The van der Waals surface area contributed by atoms with E-state index in [0.29, 0.717) is 36.5 Å². The van der Waals surface area contributed by atoms with Gasteiger partial charge in [0, 0.05) is 13.0 Å². The molecule has 2 aromatic heterocycles. The third kappa shape index (κ3) is 5.78. The molecule has 2 atom stereocenters. The van der Waals surface area contributed by atoms with Crippen molar-refractivity contribution in [1.82, 2.24) is 19.7 Å². The summed E-state index contributed by atoms with van der Waals surface area (Å²) in [5, 5.41) is 33.3. The highest BCUT2D eigenvalue weighted by molar-refractivity contribution is 7.08. The lowest BCUT2D eigenvalue weighted by molar-refractivity contribution is -0.140. The number of aryl methyl sites for hydroxylation is 1. The third-order valence-corrected chi connectivity index (χ3v) is 5.72. The van der Waals surface area contributed by atoms with Crippen LogP contribution in [0.15, 0.2) is 6.07 Å². The molecule has 0 saturated carbocycles. The number of nitrogen functional groups attached to an aromatic ring is 1. The van der Waals surface area contributed by atoms with Crippen LogP contribution in [0.5, 0.6) is 5.88 Å². The first-order chi connectivity index (χ1) is 14.7. The molecular weight excluding hydrogens is 428 g/mol. The maximum atomic E-state index is 12.3. The van der Waals surface area contributed by atoms with Gasteiger partial charge >= 0.3 is 11.9 Å². The van der Waals surface area contributed by atoms with Crippen molar-refractivity contribution >= 4 is 41.1 Å². The fraction of sp³-hybridized carbons (Fsp3) is 0.444. The molecule has 3 rings (SSSR count). The van der Waals surface area contributed by atoms with Crippen LogP contribution in [0.25, 0.3) is 0 Å². The second-order valence-electron chi connectivity index (χ2n) is 7.20. The van der Waals surface area contributed by atoms with E-state index in [1.165, 1.54) is 0 Å². The van der Waals surface area contributed by atoms with Crippen LogP contribution in [0.3, 0.4) is 0 Å². The van der Waals surface area contributed by atoms with E-state index in [2.05, 4.69) is 25.0 Å². The first-order valence-corrected chi connectivity index (χ1v) is 10.3. The predicted octanol–water partition coefficient (Wildman–Crippen LogP) is 0.486. The van der Waals surface area contributed by atoms with Crippen molar-refractivity contribution in [2.45, 2.75) is 38.1 Å². The number of rotatable bonds is 9. The van der Waals surface area contributed by atoms with Crippen molar-refractivity contribution in [2.75, 3.05) is 17.6 Å². The fourth-order valence-electron chi connectivity index (χ4n) is 3.27. The van der Waals surface area contributed by atoms with E-state index >= 15 is 0 Å². The topological polar surface area (TPSA) is 201 Å². The second kappa shape index (κ2) is 9.55. The van der Waals surface area contributed by atoms with Crippen LogP contribution < -0.4 is 16.4 Å². The van der Waals surface area contributed by atoms with Crippen LogP contribution in [0.2, 0.25) is 0 Å². The molecule has 7 N–H and O–H groups in total. The standard InChI is InChI=1S/C18H22N6O6S/c19-18-22-14-10(15(27)23-18)5-8(7-20-14)1-2-9-6-12(31-24-9)16(28)21-11(17(29)30)3-4-13(25)26/h6,8,11H,1-5,7H2,(H,21,28)(H,25,26)(H,29,30)(H4,19,20,22,23,27)/t8?,11-/m0/s1. The van der Waals surface area contributed by atoms with E-state index < -0.39 is 23.9 Å². The summed E-state index contributed by atoms with van der Waals surface area (Å²) >= 11 is 0.954. The fourth-order valence-corrected chi connectivity index (χ4v) is 3.96. The number of aliphatic carboxylic acids is 2. The quantitative estimate of drug-likeness (QED) is 0.310. The number of amides is 1. The van der Waals surface area contributed by atoms with E-state index in [9.17, 15) is 19.5 Å². The zero-order chi connectivity index (χ0) is 22.5. The zero-order valence-corrected chi connectivity index (χ0v) is 17.2. The van der Waals surface area contributed by atoms with Crippen LogP contribution in [-0.4, -0.2) is 60.1 Å². The highest BCUT2D eigenvalue weighted by Crippen LogP contribution is 2.31. The zero-order valence-electron chi connectivity index (χ0n) is 16.4. The highest BCUT2D eigenvalue weighted by atomic mass is 32.1. The van der Waals surface area contributed by atoms with Gasteiger partial charge in [-0.15, -0.1) is 0 Å². The number of carboxylic acid groups (broad SMARTS) is 2. The van der Waals surface area contributed by atoms with Crippen molar-refractivity contribution < 1.29 is 29.7 Å². The Morgan fingerprint density at radius 3 is 2.81 bits per heavy atom. The Morgan fingerprint density at radius 2 is 2.10 bits per heavy atom. The van der Waals surface area contributed by atoms with E-state index in [1.54, 1.807) is 6.07 Å². The molecule has 166 valence electrons. The Bertz CT molecular complexity index is 996. The molecule has 2 aromatic rings. The molecule has 0 radical (unpaired) electrons. The number of nitrogens with zero attached hydrogens (tertiary/aromatic N) is 3. The monoisotopic (exact) mass is 450 g/mol. The maximum absolute atomic E-state index is 12.3. The summed E-state index contributed by atoms with van der Waals surface area (Å²) < 4.78 is 4.25. The van der Waals surface area contributed by atoms with Crippen molar-refractivity contribution in [3.8, 4) is 5.88 Å². The van der Waals surface area contributed by atoms with Gasteiger partial charge < -0.3 is 31.7 Å². The SMILES string of the molecule is Nc1nc(O)c2c(n1)NCC(CCc1cc(C(=O)N[C@@H](CCC(=O)O)C(=O)O)sn1)C2. The molecular formula is C18H22N6O6S. The average Bonchev–Trinajstić information content (AvgIpc) is 3.18. The number of carbonyl (C=O) groups excluding carboxylic acids is 1. The predicted molar refractivity (Wildman–Crippen MR) is 110 cm³/mol. The lowest BCUT2D eigenvalue weighted by Crippen LogP contribution is -2.40. The number of fused-ring (bicyclic) bond motifs is 1. The first kappa shape index (κ1) is 22.2. The minimum absolute atomic E-state index is 0.00331. The Labute approximate surface area is 180 Å². The molecule has 12 nitrogen and oxygen atoms in total. The number of hydrogen-bond acceptors (Lipinski definition) is 10. The maximum Gasteiger partial charge on any atom is 0.326 e. The molecule has 1 unspecified atom stereocenters. The van der Waals surface area contributed by atoms with E-state index in [4.69, 9.17) is 15.9 Å². The summed E-state index contributed by atoms with van der Waals surface area (Å²) in [5.74, 6) is -2.44. The molecule has 31 heavy (non-hydrogen) atoms. The van der Waals surface area contributed by atoms with E-state index in [-0.39, 0.29) is 35.5 Å².